The second-order valence-corrected chi connectivity index (χ2v) is 6.37. The standard InChI is InChI=1S/C14H23N3S/c1-3-7-12-16-13(15)10(2)14(17-12)18-11-8-5-4-6-9-11/h11H,3-9H2,1-2H3,(H2,15,16,17). The number of thioether (sulfide) groups is 1. The van der Waals surface area contributed by atoms with E-state index in [0.717, 1.165) is 34.5 Å². The molecule has 0 atom stereocenters. The predicted octanol–water partition coefficient (Wildman–Crippen LogP) is 3.74. The van der Waals surface area contributed by atoms with Gasteiger partial charge in [0.15, 0.2) is 0 Å². The van der Waals surface area contributed by atoms with Crippen LogP contribution in [0.4, 0.5) is 5.82 Å². The number of nitrogens with zero attached hydrogens (tertiary/aromatic N) is 2. The Hall–Kier alpha value is -0.770. The zero-order chi connectivity index (χ0) is 13.0. The molecule has 0 aliphatic heterocycles. The number of aromatic nitrogens is 2. The fraction of sp³-hybridized carbons (Fsp3) is 0.714. The molecule has 18 heavy (non-hydrogen) atoms. The van der Waals surface area contributed by atoms with Gasteiger partial charge in [0.1, 0.15) is 16.7 Å². The first-order chi connectivity index (χ1) is 8.70. The summed E-state index contributed by atoms with van der Waals surface area (Å²) in [4.78, 5) is 9.06. The van der Waals surface area contributed by atoms with E-state index in [1.807, 2.05) is 18.7 Å². The first-order valence-electron chi connectivity index (χ1n) is 7.00. The van der Waals surface area contributed by atoms with Crippen molar-refractivity contribution in [1.29, 1.82) is 0 Å². The molecule has 0 radical (unpaired) electrons. The third-order valence-electron chi connectivity index (χ3n) is 3.49. The Kier molecular flexibility index (Phi) is 4.87. The molecule has 0 unspecified atom stereocenters. The Morgan fingerprint density at radius 1 is 1.22 bits per heavy atom. The zero-order valence-electron chi connectivity index (χ0n) is 11.4. The van der Waals surface area contributed by atoms with Crippen molar-refractivity contribution in [2.24, 2.45) is 0 Å². The highest BCUT2D eigenvalue weighted by Crippen LogP contribution is 2.35. The van der Waals surface area contributed by atoms with Gasteiger partial charge in [0.2, 0.25) is 0 Å². The lowest BCUT2D eigenvalue weighted by molar-refractivity contribution is 0.515. The van der Waals surface area contributed by atoms with Crippen LogP contribution in [0.25, 0.3) is 0 Å². The van der Waals surface area contributed by atoms with E-state index in [2.05, 4.69) is 16.9 Å². The van der Waals surface area contributed by atoms with Crippen LogP contribution < -0.4 is 5.73 Å². The molecule has 0 amide bonds. The molecule has 4 heteroatoms. The minimum Gasteiger partial charge on any atom is -0.383 e. The third-order valence-corrected chi connectivity index (χ3v) is 4.91. The lowest BCUT2D eigenvalue weighted by atomic mass is 10.0. The van der Waals surface area contributed by atoms with Crippen LogP contribution in [-0.4, -0.2) is 15.2 Å². The van der Waals surface area contributed by atoms with Crippen LogP contribution in [0.15, 0.2) is 5.03 Å². The molecule has 1 heterocycles. The summed E-state index contributed by atoms with van der Waals surface area (Å²) in [6, 6.07) is 0. The lowest BCUT2D eigenvalue weighted by Crippen LogP contribution is -2.10. The highest BCUT2D eigenvalue weighted by Gasteiger charge is 2.18. The molecule has 0 spiro atoms. The monoisotopic (exact) mass is 265 g/mol. The van der Waals surface area contributed by atoms with Crippen LogP contribution in [0, 0.1) is 6.92 Å². The van der Waals surface area contributed by atoms with Crippen molar-refractivity contribution in [3.05, 3.63) is 11.4 Å². The predicted molar refractivity (Wildman–Crippen MR) is 77.9 cm³/mol. The van der Waals surface area contributed by atoms with Gasteiger partial charge in [0, 0.05) is 17.2 Å². The summed E-state index contributed by atoms with van der Waals surface area (Å²) in [5.74, 6) is 1.56. The van der Waals surface area contributed by atoms with Crippen LogP contribution in [0.3, 0.4) is 0 Å². The molecule has 100 valence electrons. The van der Waals surface area contributed by atoms with E-state index in [1.54, 1.807) is 0 Å². The summed E-state index contributed by atoms with van der Waals surface area (Å²) < 4.78 is 0. The van der Waals surface area contributed by atoms with Crippen LogP contribution in [0.1, 0.15) is 56.8 Å². The zero-order valence-corrected chi connectivity index (χ0v) is 12.2. The Labute approximate surface area is 114 Å². The topological polar surface area (TPSA) is 51.8 Å². The van der Waals surface area contributed by atoms with Crippen molar-refractivity contribution < 1.29 is 0 Å². The SMILES string of the molecule is CCCc1nc(N)c(C)c(SC2CCCCC2)n1. The molecule has 1 aromatic rings. The normalized spacial score (nSPS) is 17.0. The van der Waals surface area contributed by atoms with Crippen molar-refractivity contribution >= 4 is 17.6 Å². The fourth-order valence-electron chi connectivity index (χ4n) is 2.35. The molecule has 1 saturated carbocycles. The molecule has 1 fully saturated rings. The smallest absolute Gasteiger partial charge is 0.132 e. The van der Waals surface area contributed by atoms with Gasteiger partial charge in [-0.3, -0.25) is 0 Å². The van der Waals surface area contributed by atoms with Gasteiger partial charge in [-0.1, -0.05) is 26.2 Å². The quantitative estimate of drug-likeness (QED) is 0.842. The summed E-state index contributed by atoms with van der Waals surface area (Å²) in [6.07, 6.45) is 8.73. The number of nitrogen functional groups attached to an aromatic ring is 1. The second-order valence-electron chi connectivity index (χ2n) is 5.08. The molecule has 1 aliphatic rings. The molecule has 1 aromatic heterocycles. The Morgan fingerprint density at radius 3 is 2.61 bits per heavy atom. The number of hydrogen-bond donors (Lipinski definition) is 1. The molecule has 1 aliphatic carbocycles. The van der Waals surface area contributed by atoms with Gasteiger partial charge in [-0.15, -0.1) is 11.8 Å². The molecular formula is C14H23N3S. The van der Waals surface area contributed by atoms with Gasteiger partial charge in [0.05, 0.1) is 0 Å². The number of nitrogens with two attached hydrogens (primary N) is 1. The van der Waals surface area contributed by atoms with Crippen LogP contribution in [0.2, 0.25) is 0 Å². The van der Waals surface area contributed by atoms with Crippen LogP contribution in [-0.2, 0) is 6.42 Å². The highest BCUT2D eigenvalue weighted by atomic mass is 32.2. The van der Waals surface area contributed by atoms with Crippen molar-refractivity contribution in [3.8, 4) is 0 Å². The summed E-state index contributed by atoms with van der Waals surface area (Å²) in [6.45, 7) is 4.18. The summed E-state index contributed by atoms with van der Waals surface area (Å²) in [5, 5.41) is 1.83. The first-order valence-corrected chi connectivity index (χ1v) is 7.88. The number of rotatable bonds is 4. The van der Waals surface area contributed by atoms with E-state index in [-0.39, 0.29) is 0 Å². The molecule has 0 aromatic carbocycles. The maximum atomic E-state index is 5.99. The summed E-state index contributed by atoms with van der Waals surface area (Å²) in [7, 11) is 0. The van der Waals surface area contributed by atoms with E-state index in [9.17, 15) is 0 Å². The second kappa shape index (κ2) is 6.41. The average Bonchev–Trinajstić information content (AvgIpc) is 2.37. The van der Waals surface area contributed by atoms with E-state index in [1.165, 1.54) is 32.1 Å². The van der Waals surface area contributed by atoms with Crippen molar-refractivity contribution in [1.82, 2.24) is 9.97 Å². The van der Waals surface area contributed by atoms with Crippen LogP contribution >= 0.6 is 11.8 Å². The Morgan fingerprint density at radius 2 is 1.94 bits per heavy atom. The summed E-state index contributed by atoms with van der Waals surface area (Å²) in [5.41, 5.74) is 7.05. The van der Waals surface area contributed by atoms with E-state index in [4.69, 9.17) is 5.73 Å². The van der Waals surface area contributed by atoms with Crippen molar-refractivity contribution in [2.75, 3.05) is 5.73 Å². The molecule has 3 nitrogen and oxygen atoms in total. The van der Waals surface area contributed by atoms with Gasteiger partial charge in [-0.2, -0.15) is 0 Å². The maximum absolute atomic E-state index is 5.99. The molecule has 2 rings (SSSR count). The molecule has 0 saturated heterocycles. The van der Waals surface area contributed by atoms with Crippen LogP contribution in [0.5, 0.6) is 0 Å². The first kappa shape index (κ1) is 13.7. The van der Waals surface area contributed by atoms with E-state index < -0.39 is 0 Å². The number of aryl methyl sites for hydroxylation is 1. The van der Waals surface area contributed by atoms with E-state index >= 15 is 0 Å². The Balaban J connectivity index is 2.14. The van der Waals surface area contributed by atoms with Crippen molar-refractivity contribution in [2.45, 2.75) is 69.1 Å². The van der Waals surface area contributed by atoms with Crippen molar-refractivity contribution in [3.63, 3.8) is 0 Å². The van der Waals surface area contributed by atoms with Gasteiger partial charge < -0.3 is 5.73 Å². The molecular weight excluding hydrogens is 242 g/mol. The third kappa shape index (κ3) is 3.37. The maximum Gasteiger partial charge on any atom is 0.132 e. The average molecular weight is 265 g/mol. The fourth-order valence-corrected chi connectivity index (χ4v) is 3.67. The van der Waals surface area contributed by atoms with Gasteiger partial charge in [-0.05, 0) is 26.2 Å². The minimum atomic E-state index is 0.659. The number of hydrogen-bond acceptors (Lipinski definition) is 4. The highest BCUT2D eigenvalue weighted by molar-refractivity contribution is 7.99. The van der Waals surface area contributed by atoms with Gasteiger partial charge in [-0.25, -0.2) is 9.97 Å². The van der Waals surface area contributed by atoms with Gasteiger partial charge in [0.25, 0.3) is 0 Å². The Bertz CT molecular complexity index is 400. The number of anilines is 1. The molecule has 0 bridgehead atoms. The molecule has 2 N–H and O–H groups in total. The minimum absolute atomic E-state index is 0.659. The van der Waals surface area contributed by atoms with E-state index in [0.29, 0.717) is 5.82 Å². The lowest BCUT2D eigenvalue weighted by Gasteiger charge is -2.21. The summed E-state index contributed by atoms with van der Waals surface area (Å²) >= 11 is 1.91. The van der Waals surface area contributed by atoms with Gasteiger partial charge >= 0.3 is 0 Å². The largest absolute Gasteiger partial charge is 0.383 e.